The zero-order valence-corrected chi connectivity index (χ0v) is 14.2. The van der Waals surface area contributed by atoms with Gasteiger partial charge in [-0.25, -0.2) is 8.42 Å². The van der Waals surface area contributed by atoms with Crippen LogP contribution in [0, 0.1) is 10.1 Å². The van der Waals surface area contributed by atoms with Gasteiger partial charge in [-0.2, -0.15) is 0 Å². The number of hydrogen-bond acceptors (Lipinski definition) is 6. The van der Waals surface area contributed by atoms with Crippen LogP contribution < -0.4 is 10.6 Å². The maximum atomic E-state index is 12.0. The summed E-state index contributed by atoms with van der Waals surface area (Å²) in [6.45, 7) is 2.48. The summed E-state index contributed by atoms with van der Waals surface area (Å²) in [6, 6.07) is 2.94. The van der Waals surface area contributed by atoms with Gasteiger partial charge < -0.3 is 10.6 Å². The van der Waals surface area contributed by atoms with Gasteiger partial charge in [0.25, 0.3) is 11.6 Å². The minimum absolute atomic E-state index is 0.0330. The first-order chi connectivity index (χ1) is 11.1. The molecule has 24 heavy (non-hydrogen) atoms. The third kappa shape index (κ3) is 5.95. The number of rotatable bonds is 8. The second-order valence-electron chi connectivity index (χ2n) is 5.10. The zero-order valence-electron chi connectivity index (χ0n) is 13.4. The summed E-state index contributed by atoms with van der Waals surface area (Å²) in [5.41, 5.74) is -0.651. The average molecular weight is 357 g/mol. The molecule has 0 aromatic heterocycles. The van der Waals surface area contributed by atoms with Gasteiger partial charge in [-0.15, -0.1) is 0 Å². The Morgan fingerprint density at radius 3 is 2.38 bits per heavy atom. The number of hydrogen-bond donors (Lipinski definition) is 2. The molecule has 10 heteroatoms. The van der Waals surface area contributed by atoms with E-state index in [9.17, 15) is 28.1 Å². The van der Waals surface area contributed by atoms with E-state index in [1.165, 1.54) is 0 Å². The number of amides is 2. The molecule has 0 aliphatic rings. The van der Waals surface area contributed by atoms with Crippen molar-refractivity contribution in [3.63, 3.8) is 0 Å². The lowest BCUT2D eigenvalue weighted by Crippen LogP contribution is -2.31. The van der Waals surface area contributed by atoms with Crippen LogP contribution in [0.25, 0.3) is 0 Å². The van der Waals surface area contributed by atoms with Crippen LogP contribution in [-0.4, -0.2) is 44.5 Å². The molecular weight excluding hydrogens is 338 g/mol. The van der Waals surface area contributed by atoms with Crippen LogP contribution in [0.2, 0.25) is 0 Å². The topological polar surface area (TPSA) is 135 Å². The van der Waals surface area contributed by atoms with Crippen LogP contribution in [0.3, 0.4) is 0 Å². The summed E-state index contributed by atoms with van der Waals surface area (Å²) in [5.74, 6) is -0.917. The molecule has 0 aliphatic carbocycles. The van der Waals surface area contributed by atoms with Gasteiger partial charge in [-0.05, 0) is 12.5 Å². The number of nitrogens with zero attached hydrogens (tertiary/aromatic N) is 1. The Kier molecular flexibility index (Phi) is 6.83. The van der Waals surface area contributed by atoms with E-state index in [4.69, 9.17) is 0 Å². The second-order valence-corrected chi connectivity index (χ2v) is 7.12. The van der Waals surface area contributed by atoms with Crippen molar-refractivity contribution in [1.29, 1.82) is 0 Å². The van der Waals surface area contributed by atoms with Crippen LogP contribution in [-0.2, 0) is 14.6 Å². The quantitative estimate of drug-likeness (QED) is 0.518. The minimum Gasteiger partial charge on any atom is -0.356 e. The minimum atomic E-state index is -3.71. The van der Waals surface area contributed by atoms with E-state index in [0.717, 1.165) is 30.9 Å². The van der Waals surface area contributed by atoms with Gasteiger partial charge in [-0.3, -0.25) is 19.7 Å². The third-order valence-electron chi connectivity index (χ3n) is 3.00. The van der Waals surface area contributed by atoms with Crippen molar-refractivity contribution in [1.82, 2.24) is 10.6 Å². The highest BCUT2D eigenvalue weighted by molar-refractivity contribution is 7.90. The van der Waals surface area contributed by atoms with E-state index in [0.29, 0.717) is 6.54 Å². The van der Waals surface area contributed by atoms with Crippen molar-refractivity contribution in [3.05, 3.63) is 33.9 Å². The van der Waals surface area contributed by atoms with Gasteiger partial charge in [0.15, 0.2) is 9.84 Å². The molecule has 0 bridgehead atoms. The molecule has 0 radical (unpaired) electrons. The molecule has 2 amide bonds. The van der Waals surface area contributed by atoms with Gasteiger partial charge in [-0.1, -0.05) is 6.92 Å². The first-order valence-electron chi connectivity index (χ1n) is 7.19. The van der Waals surface area contributed by atoms with Crippen LogP contribution in [0.5, 0.6) is 0 Å². The molecule has 1 aromatic rings. The van der Waals surface area contributed by atoms with E-state index in [1.807, 2.05) is 6.92 Å². The number of carbonyl (C=O) groups is 2. The average Bonchev–Trinajstić information content (AvgIpc) is 2.51. The largest absolute Gasteiger partial charge is 0.356 e. The number of nitro benzene ring substituents is 1. The number of nitrogens with one attached hydrogen (secondary N) is 2. The summed E-state index contributed by atoms with van der Waals surface area (Å²) in [6.07, 6.45) is 1.74. The SMILES string of the molecule is CCCNC(=O)CCNC(=O)c1cc([N+](=O)[O-])cc(S(C)(=O)=O)c1. The molecule has 0 aliphatic heterocycles. The molecular formula is C14H19N3O6S. The number of carbonyl (C=O) groups excluding carboxylic acids is 2. The number of nitro groups is 1. The smallest absolute Gasteiger partial charge is 0.271 e. The van der Waals surface area contributed by atoms with Crippen molar-refractivity contribution < 1.29 is 22.9 Å². The summed E-state index contributed by atoms with van der Waals surface area (Å²) in [7, 11) is -3.71. The molecule has 0 saturated carbocycles. The summed E-state index contributed by atoms with van der Waals surface area (Å²) in [4.78, 5) is 33.2. The molecule has 132 valence electrons. The summed E-state index contributed by atoms with van der Waals surface area (Å²) < 4.78 is 23.2. The van der Waals surface area contributed by atoms with Crippen molar-refractivity contribution in [2.75, 3.05) is 19.3 Å². The molecule has 0 atom stereocenters. The van der Waals surface area contributed by atoms with Crippen molar-refractivity contribution in [2.24, 2.45) is 0 Å². The second kappa shape index (κ2) is 8.39. The lowest BCUT2D eigenvalue weighted by atomic mass is 10.2. The predicted molar refractivity (Wildman–Crippen MR) is 86.5 cm³/mol. The van der Waals surface area contributed by atoms with E-state index < -0.39 is 26.4 Å². The fourth-order valence-corrected chi connectivity index (χ4v) is 2.45. The Balaban J connectivity index is 2.85. The van der Waals surface area contributed by atoms with E-state index in [2.05, 4.69) is 10.6 Å². The van der Waals surface area contributed by atoms with Crippen LogP contribution in [0.4, 0.5) is 5.69 Å². The molecule has 0 spiro atoms. The molecule has 9 nitrogen and oxygen atoms in total. The molecule has 1 rings (SSSR count). The highest BCUT2D eigenvalue weighted by atomic mass is 32.2. The number of benzene rings is 1. The van der Waals surface area contributed by atoms with Gasteiger partial charge >= 0.3 is 0 Å². The van der Waals surface area contributed by atoms with E-state index in [1.54, 1.807) is 0 Å². The van der Waals surface area contributed by atoms with Gasteiger partial charge in [0.1, 0.15) is 0 Å². The Morgan fingerprint density at radius 1 is 1.17 bits per heavy atom. The van der Waals surface area contributed by atoms with E-state index >= 15 is 0 Å². The normalized spacial score (nSPS) is 10.9. The van der Waals surface area contributed by atoms with Crippen LogP contribution >= 0.6 is 0 Å². The maximum Gasteiger partial charge on any atom is 0.271 e. The van der Waals surface area contributed by atoms with Crippen LogP contribution in [0.1, 0.15) is 30.1 Å². The highest BCUT2D eigenvalue weighted by Crippen LogP contribution is 2.20. The summed E-state index contributed by atoms with van der Waals surface area (Å²) in [5, 5.41) is 16.0. The Bertz CT molecular complexity index is 745. The van der Waals surface area contributed by atoms with Gasteiger partial charge in [0.05, 0.1) is 9.82 Å². The Hall–Kier alpha value is -2.49. The molecule has 0 heterocycles. The fourth-order valence-electron chi connectivity index (χ4n) is 1.78. The summed E-state index contributed by atoms with van der Waals surface area (Å²) >= 11 is 0. The van der Waals surface area contributed by atoms with Crippen molar-refractivity contribution in [3.8, 4) is 0 Å². The standard InChI is InChI=1S/C14H19N3O6S/c1-3-5-15-13(18)4-6-16-14(19)10-7-11(17(20)21)9-12(8-10)24(2,22)23/h7-9H,3-6H2,1-2H3,(H,15,18)(H,16,19). The highest BCUT2D eigenvalue weighted by Gasteiger charge is 2.19. The lowest BCUT2D eigenvalue weighted by molar-refractivity contribution is -0.385. The van der Waals surface area contributed by atoms with Crippen molar-refractivity contribution >= 4 is 27.3 Å². The molecule has 0 fully saturated rings. The third-order valence-corrected chi connectivity index (χ3v) is 4.09. The lowest BCUT2D eigenvalue weighted by Gasteiger charge is -2.07. The first-order valence-corrected chi connectivity index (χ1v) is 9.08. The monoisotopic (exact) mass is 357 g/mol. The number of non-ortho nitro benzene ring substituents is 1. The molecule has 0 unspecified atom stereocenters. The van der Waals surface area contributed by atoms with Gasteiger partial charge in [0, 0.05) is 43.5 Å². The Morgan fingerprint density at radius 2 is 1.83 bits per heavy atom. The Labute approximate surface area is 139 Å². The molecule has 0 saturated heterocycles. The first kappa shape index (κ1) is 19.6. The van der Waals surface area contributed by atoms with E-state index in [-0.39, 0.29) is 29.3 Å². The fraction of sp³-hybridized carbons (Fsp3) is 0.429. The van der Waals surface area contributed by atoms with Gasteiger partial charge in [0.2, 0.25) is 5.91 Å². The number of sulfone groups is 1. The van der Waals surface area contributed by atoms with Crippen LogP contribution in [0.15, 0.2) is 23.1 Å². The predicted octanol–water partition coefficient (Wildman–Crippen LogP) is 0.644. The van der Waals surface area contributed by atoms with Crippen molar-refractivity contribution in [2.45, 2.75) is 24.7 Å². The maximum absolute atomic E-state index is 12.0. The zero-order chi connectivity index (χ0) is 18.3. The molecule has 2 N–H and O–H groups in total. The molecule has 1 aromatic carbocycles.